The zero-order valence-corrected chi connectivity index (χ0v) is 12.9. The van der Waals surface area contributed by atoms with Crippen LogP contribution in [0, 0.1) is 0 Å². The van der Waals surface area contributed by atoms with Crippen molar-refractivity contribution in [2.75, 3.05) is 6.54 Å². The SMILES string of the molecule is O=C1C2=[N+](CCCC2)Cc2c1sc1ccccc21.[Br-]. The van der Waals surface area contributed by atoms with Crippen LogP contribution in [0.1, 0.15) is 34.5 Å². The van der Waals surface area contributed by atoms with E-state index >= 15 is 0 Å². The molecule has 4 heteroatoms. The Labute approximate surface area is 126 Å². The maximum Gasteiger partial charge on any atom is 0.262 e. The van der Waals surface area contributed by atoms with Crippen LogP contribution in [-0.2, 0) is 6.54 Å². The molecule has 1 aromatic heterocycles. The summed E-state index contributed by atoms with van der Waals surface area (Å²) in [7, 11) is 0. The fourth-order valence-corrected chi connectivity index (χ4v) is 4.26. The van der Waals surface area contributed by atoms with Gasteiger partial charge in [-0.25, -0.2) is 4.58 Å². The lowest BCUT2D eigenvalue weighted by Crippen LogP contribution is -3.00. The van der Waals surface area contributed by atoms with E-state index in [0.717, 1.165) is 36.5 Å². The second-order valence-electron chi connectivity index (χ2n) is 5.06. The summed E-state index contributed by atoms with van der Waals surface area (Å²) in [6, 6.07) is 8.38. The molecule has 2 aromatic rings. The number of rotatable bonds is 0. The molecule has 2 aliphatic rings. The summed E-state index contributed by atoms with van der Waals surface area (Å²) in [6.07, 6.45) is 3.35. The van der Waals surface area contributed by atoms with Crippen molar-refractivity contribution in [2.45, 2.75) is 25.8 Å². The first-order chi connectivity index (χ1) is 8.84. The molecule has 3 heterocycles. The summed E-state index contributed by atoms with van der Waals surface area (Å²) >= 11 is 1.67. The van der Waals surface area contributed by atoms with Gasteiger partial charge < -0.3 is 17.0 Å². The predicted molar refractivity (Wildman–Crippen MR) is 73.8 cm³/mol. The molecule has 0 bridgehead atoms. The van der Waals surface area contributed by atoms with Gasteiger partial charge in [0.05, 0.1) is 4.88 Å². The summed E-state index contributed by atoms with van der Waals surface area (Å²) in [5, 5.41) is 1.27. The number of ketones is 1. The molecular weight excluding hydrogens is 322 g/mol. The Morgan fingerprint density at radius 1 is 1.16 bits per heavy atom. The lowest BCUT2D eigenvalue weighted by atomic mass is 9.96. The molecule has 1 aromatic carbocycles. The topological polar surface area (TPSA) is 20.1 Å². The van der Waals surface area contributed by atoms with E-state index in [4.69, 9.17) is 0 Å². The lowest BCUT2D eigenvalue weighted by molar-refractivity contribution is -0.548. The van der Waals surface area contributed by atoms with E-state index in [1.807, 2.05) is 0 Å². The van der Waals surface area contributed by atoms with Gasteiger partial charge in [0.25, 0.3) is 5.78 Å². The van der Waals surface area contributed by atoms with Crippen LogP contribution in [0.5, 0.6) is 0 Å². The van der Waals surface area contributed by atoms with Crippen molar-refractivity contribution in [3.63, 3.8) is 0 Å². The number of hydrogen-bond donors (Lipinski definition) is 0. The van der Waals surface area contributed by atoms with Gasteiger partial charge >= 0.3 is 0 Å². The zero-order valence-electron chi connectivity index (χ0n) is 10.5. The van der Waals surface area contributed by atoms with Gasteiger partial charge in [0.1, 0.15) is 6.54 Å². The van der Waals surface area contributed by atoms with Crippen LogP contribution in [0.4, 0.5) is 0 Å². The van der Waals surface area contributed by atoms with E-state index < -0.39 is 0 Å². The largest absolute Gasteiger partial charge is 1.00 e. The molecular formula is C15H14BrNOS. The summed E-state index contributed by atoms with van der Waals surface area (Å²) in [5.74, 6) is 0.289. The fourth-order valence-electron chi connectivity index (χ4n) is 3.08. The van der Waals surface area contributed by atoms with E-state index in [1.54, 1.807) is 11.3 Å². The van der Waals surface area contributed by atoms with Crippen molar-refractivity contribution in [2.24, 2.45) is 0 Å². The highest BCUT2D eigenvalue weighted by atomic mass is 79.9. The number of fused-ring (bicyclic) bond motifs is 3. The predicted octanol–water partition coefficient (Wildman–Crippen LogP) is 0.239. The first-order valence-corrected chi connectivity index (χ1v) is 7.32. The molecule has 0 atom stereocenters. The van der Waals surface area contributed by atoms with Gasteiger partial charge in [-0.05, 0) is 12.5 Å². The van der Waals surface area contributed by atoms with Crippen LogP contribution in [0.3, 0.4) is 0 Å². The highest BCUT2D eigenvalue weighted by molar-refractivity contribution is 7.21. The Bertz CT molecular complexity index is 701. The number of halogens is 1. The van der Waals surface area contributed by atoms with Crippen molar-refractivity contribution in [3.8, 4) is 0 Å². The molecule has 2 nitrogen and oxygen atoms in total. The lowest BCUT2D eigenvalue weighted by Gasteiger charge is -2.18. The van der Waals surface area contributed by atoms with E-state index in [9.17, 15) is 4.79 Å². The van der Waals surface area contributed by atoms with E-state index in [2.05, 4.69) is 28.8 Å². The number of thiophene rings is 1. The summed E-state index contributed by atoms with van der Waals surface area (Å²) in [5.41, 5.74) is 2.31. The van der Waals surface area contributed by atoms with Gasteiger partial charge in [-0.15, -0.1) is 11.3 Å². The third-order valence-electron chi connectivity index (χ3n) is 3.99. The molecule has 0 saturated heterocycles. The third-order valence-corrected chi connectivity index (χ3v) is 5.20. The molecule has 0 spiro atoms. The Balaban J connectivity index is 0.00000110. The van der Waals surface area contributed by atoms with Gasteiger partial charge in [-0.3, -0.25) is 4.79 Å². The standard InChI is InChI=1S/C15H14NOS.BrH/c17-14-12-6-3-4-8-16(12)9-11-10-5-1-2-7-13(10)18-15(11)14;/h1-2,5,7H,3-4,6,8-9H2;1H/q+1;/p-1. The van der Waals surface area contributed by atoms with Crippen LogP contribution in [-0.4, -0.2) is 22.6 Å². The minimum Gasteiger partial charge on any atom is -1.00 e. The van der Waals surface area contributed by atoms with Crippen LogP contribution < -0.4 is 17.0 Å². The molecule has 0 unspecified atom stereocenters. The molecule has 0 fully saturated rings. The fraction of sp³-hybridized carbons (Fsp3) is 0.333. The van der Waals surface area contributed by atoms with Gasteiger partial charge in [0.2, 0.25) is 5.71 Å². The molecule has 0 saturated carbocycles. The van der Waals surface area contributed by atoms with Gasteiger partial charge in [0.15, 0.2) is 6.54 Å². The quantitative estimate of drug-likeness (QED) is 0.631. The molecule has 2 aliphatic heterocycles. The second-order valence-corrected chi connectivity index (χ2v) is 6.11. The number of nitrogens with zero attached hydrogens (tertiary/aromatic N) is 1. The number of carbonyl (C=O) groups excluding carboxylic acids is 1. The van der Waals surface area contributed by atoms with Gasteiger partial charge in [0, 0.05) is 28.5 Å². The molecule has 0 radical (unpaired) electrons. The summed E-state index contributed by atoms with van der Waals surface area (Å²) in [4.78, 5) is 13.5. The molecule has 0 aliphatic carbocycles. The molecule has 0 N–H and O–H groups in total. The minimum atomic E-state index is 0. The molecule has 4 rings (SSSR count). The molecule has 0 amide bonds. The normalized spacial score (nSPS) is 18.0. The molecule has 98 valence electrons. The van der Waals surface area contributed by atoms with E-state index in [-0.39, 0.29) is 22.8 Å². The minimum absolute atomic E-state index is 0. The smallest absolute Gasteiger partial charge is 0.262 e. The summed E-state index contributed by atoms with van der Waals surface area (Å²) < 4.78 is 3.55. The van der Waals surface area contributed by atoms with E-state index in [0.29, 0.717) is 0 Å². The second kappa shape index (κ2) is 4.84. The van der Waals surface area contributed by atoms with Crippen molar-refractivity contribution in [1.82, 2.24) is 0 Å². The Kier molecular flexibility index (Phi) is 3.31. The zero-order chi connectivity index (χ0) is 12.1. The highest BCUT2D eigenvalue weighted by Crippen LogP contribution is 2.35. The first kappa shape index (κ1) is 13.0. The number of hydrogen-bond acceptors (Lipinski definition) is 2. The van der Waals surface area contributed by atoms with Crippen molar-refractivity contribution < 1.29 is 26.4 Å². The highest BCUT2D eigenvalue weighted by Gasteiger charge is 2.36. The maximum atomic E-state index is 12.6. The maximum absolute atomic E-state index is 12.6. The van der Waals surface area contributed by atoms with Gasteiger partial charge in [-0.1, -0.05) is 18.2 Å². The first-order valence-electron chi connectivity index (χ1n) is 6.50. The number of benzene rings is 1. The molecule has 19 heavy (non-hydrogen) atoms. The number of carbonyl (C=O) groups is 1. The van der Waals surface area contributed by atoms with Gasteiger partial charge in [-0.2, -0.15) is 0 Å². The Hall–Kier alpha value is -1.00. The average molecular weight is 336 g/mol. The average Bonchev–Trinajstić information content (AvgIpc) is 2.79. The van der Waals surface area contributed by atoms with Crippen LogP contribution in [0.25, 0.3) is 10.1 Å². The van der Waals surface area contributed by atoms with Crippen LogP contribution >= 0.6 is 11.3 Å². The van der Waals surface area contributed by atoms with Crippen LogP contribution in [0.15, 0.2) is 24.3 Å². The van der Waals surface area contributed by atoms with Crippen LogP contribution in [0.2, 0.25) is 0 Å². The monoisotopic (exact) mass is 335 g/mol. The van der Waals surface area contributed by atoms with Crippen molar-refractivity contribution >= 4 is 32.9 Å². The Morgan fingerprint density at radius 3 is 2.89 bits per heavy atom. The number of Topliss-reactive ketones (excluding diaryl/α,β-unsaturated/α-hetero) is 1. The summed E-state index contributed by atoms with van der Waals surface area (Å²) in [6.45, 7) is 1.98. The third kappa shape index (κ3) is 1.89. The van der Waals surface area contributed by atoms with Crippen molar-refractivity contribution in [3.05, 3.63) is 34.7 Å². The van der Waals surface area contributed by atoms with E-state index in [1.165, 1.54) is 22.1 Å². The Morgan fingerprint density at radius 2 is 2.00 bits per heavy atom. The van der Waals surface area contributed by atoms with Crippen molar-refractivity contribution in [1.29, 1.82) is 0 Å².